The van der Waals surface area contributed by atoms with Crippen molar-refractivity contribution in [2.24, 2.45) is 5.92 Å². The number of ether oxygens (including phenoxy) is 1. The monoisotopic (exact) mass is 410 g/mol. The quantitative estimate of drug-likeness (QED) is 0.659. The zero-order valence-corrected chi connectivity index (χ0v) is 18.3. The summed E-state index contributed by atoms with van der Waals surface area (Å²) in [5.74, 6) is 0.660. The highest BCUT2D eigenvalue weighted by Crippen LogP contribution is 2.39. The van der Waals surface area contributed by atoms with Crippen LogP contribution in [0.1, 0.15) is 46.4 Å². The van der Waals surface area contributed by atoms with Crippen LogP contribution in [0.15, 0.2) is 30.6 Å². The van der Waals surface area contributed by atoms with Gasteiger partial charge in [0.05, 0.1) is 21.6 Å². The molecule has 0 bridgehead atoms. The molecule has 1 aromatic carbocycles. The zero-order valence-electron chi connectivity index (χ0n) is 17.4. The Balaban J connectivity index is 1.51. The first-order chi connectivity index (χ1) is 13.6. The van der Waals surface area contributed by atoms with Gasteiger partial charge in [-0.1, -0.05) is 23.5 Å². The summed E-state index contributed by atoms with van der Waals surface area (Å²) in [6.07, 6.45) is 5.03. The predicted molar refractivity (Wildman–Crippen MR) is 116 cm³/mol. The molecule has 29 heavy (non-hydrogen) atoms. The lowest BCUT2D eigenvalue weighted by Gasteiger charge is -2.44. The molecule has 2 aromatic heterocycles. The Morgan fingerprint density at radius 2 is 1.86 bits per heavy atom. The normalized spacial score (nSPS) is 18.7. The average Bonchev–Trinajstić information content (AvgIpc) is 3.07. The van der Waals surface area contributed by atoms with Crippen LogP contribution >= 0.6 is 11.3 Å². The highest BCUT2D eigenvalue weighted by Gasteiger charge is 2.42. The summed E-state index contributed by atoms with van der Waals surface area (Å²) in [7, 11) is 0. The van der Waals surface area contributed by atoms with E-state index in [9.17, 15) is 4.79 Å². The van der Waals surface area contributed by atoms with E-state index in [0.29, 0.717) is 18.0 Å². The van der Waals surface area contributed by atoms with E-state index in [2.05, 4.69) is 20.3 Å². The van der Waals surface area contributed by atoms with Crippen LogP contribution in [0.4, 0.5) is 5.13 Å². The van der Waals surface area contributed by atoms with Crippen LogP contribution in [0, 0.1) is 12.8 Å². The molecule has 0 spiro atoms. The van der Waals surface area contributed by atoms with E-state index in [1.165, 1.54) is 11.3 Å². The summed E-state index contributed by atoms with van der Waals surface area (Å²) in [6.45, 7) is 10.0. The third-order valence-corrected chi connectivity index (χ3v) is 6.08. The van der Waals surface area contributed by atoms with E-state index in [4.69, 9.17) is 4.74 Å². The number of nitrogens with zero attached hydrogens (tertiary/aromatic N) is 3. The fourth-order valence-electron chi connectivity index (χ4n) is 4.22. The summed E-state index contributed by atoms with van der Waals surface area (Å²) in [6, 6.07) is 6.07. The summed E-state index contributed by atoms with van der Waals surface area (Å²) in [4.78, 5) is 27.0. The van der Waals surface area contributed by atoms with Gasteiger partial charge in [0.25, 0.3) is 0 Å². The molecule has 7 heteroatoms. The van der Waals surface area contributed by atoms with E-state index < -0.39 is 0 Å². The third-order valence-electron chi connectivity index (χ3n) is 5.12. The molecular weight excluding hydrogens is 384 g/mol. The van der Waals surface area contributed by atoms with Gasteiger partial charge in [0, 0.05) is 23.7 Å². The van der Waals surface area contributed by atoms with Crippen LogP contribution in [0.2, 0.25) is 0 Å². The molecule has 1 saturated heterocycles. The standard InChI is InChI=1S/C22H26N4O2S/c1-13-23-11-15-7-6-14(8-17(15)25-13)18-12-24-20(29-18)26-19(27)16-9-21(2,3)28-22(4,5)10-16/h6-8,11-12,16H,9-10H2,1-5H3,(H,24,26,27). The molecule has 1 amide bonds. The summed E-state index contributed by atoms with van der Waals surface area (Å²) in [5.41, 5.74) is 1.30. The Bertz CT molecular complexity index is 1060. The molecule has 0 unspecified atom stereocenters. The highest BCUT2D eigenvalue weighted by atomic mass is 32.1. The van der Waals surface area contributed by atoms with Crippen molar-refractivity contribution >= 4 is 33.3 Å². The van der Waals surface area contributed by atoms with Gasteiger partial charge in [-0.05, 0) is 59.1 Å². The number of carbonyl (C=O) groups is 1. The van der Waals surface area contributed by atoms with Crippen molar-refractivity contribution in [3.8, 4) is 10.4 Å². The zero-order chi connectivity index (χ0) is 20.8. The van der Waals surface area contributed by atoms with Gasteiger partial charge in [0.2, 0.25) is 5.91 Å². The minimum Gasteiger partial charge on any atom is -0.370 e. The lowest BCUT2D eigenvalue weighted by molar-refractivity contribution is -0.176. The first-order valence-electron chi connectivity index (χ1n) is 9.81. The molecule has 1 aliphatic heterocycles. The molecule has 1 N–H and O–H groups in total. The van der Waals surface area contributed by atoms with Crippen molar-refractivity contribution in [3.05, 3.63) is 36.4 Å². The van der Waals surface area contributed by atoms with Gasteiger partial charge >= 0.3 is 0 Å². The number of aryl methyl sites for hydroxylation is 1. The lowest BCUT2D eigenvalue weighted by atomic mass is 9.80. The number of aromatic nitrogens is 3. The second kappa shape index (κ2) is 7.15. The van der Waals surface area contributed by atoms with Crippen LogP contribution < -0.4 is 5.32 Å². The van der Waals surface area contributed by atoms with Crippen molar-refractivity contribution in [1.29, 1.82) is 0 Å². The van der Waals surface area contributed by atoms with Gasteiger partial charge in [-0.15, -0.1) is 0 Å². The molecule has 3 aromatic rings. The average molecular weight is 411 g/mol. The molecule has 0 saturated carbocycles. The van der Waals surface area contributed by atoms with E-state index >= 15 is 0 Å². The maximum Gasteiger partial charge on any atom is 0.229 e. The molecule has 4 rings (SSSR count). The predicted octanol–water partition coefficient (Wildman–Crippen LogP) is 4.98. The Kier molecular flexibility index (Phi) is 4.91. The maximum absolute atomic E-state index is 12.9. The number of fused-ring (bicyclic) bond motifs is 1. The molecule has 0 atom stereocenters. The van der Waals surface area contributed by atoms with Gasteiger partial charge in [-0.25, -0.2) is 15.0 Å². The topological polar surface area (TPSA) is 77.0 Å². The first kappa shape index (κ1) is 19.9. The van der Waals surface area contributed by atoms with E-state index in [1.807, 2.05) is 59.0 Å². The third kappa shape index (κ3) is 4.46. The summed E-state index contributed by atoms with van der Waals surface area (Å²) < 4.78 is 6.09. The molecular formula is C22H26N4O2S. The smallest absolute Gasteiger partial charge is 0.229 e. The minimum atomic E-state index is -0.317. The Labute approximate surface area is 174 Å². The summed E-state index contributed by atoms with van der Waals surface area (Å²) >= 11 is 1.47. The van der Waals surface area contributed by atoms with Crippen LogP contribution in [0.25, 0.3) is 21.3 Å². The summed E-state index contributed by atoms with van der Waals surface area (Å²) in [5, 5.41) is 4.63. The fourth-order valence-corrected chi connectivity index (χ4v) is 5.03. The molecule has 1 fully saturated rings. The second-order valence-electron chi connectivity index (χ2n) is 8.94. The number of anilines is 1. The Hall–Kier alpha value is -2.38. The molecule has 1 aliphatic rings. The minimum absolute atomic E-state index is 0.0113. The van der Waals surface area contributed by atoms with Crippen molar-refractivity contribution in [3.63, 3.8) is 0 Å². The number of thiazole rings is 1. The molecule has 3 heterocycles. The van der Waals surface area contributed by atoms with Crippen molar-refractivity contribution in [1.82, 2.24) is 15.0 Å². The second-order valence-corrected chi connectivity index (χ2v) is 9.97. The number of rotatable bonds is 3. The fraction of sp³-hybridized carbons (Fsp3) is 0.455. The largest absolute Gasteiger partial charge is 0.370 e. The van der Waals surface area contributed by atoms with Crippen LogP contribution in [0.3, 0.4) is 0 Å². The van der Waals surface area contributed by atoms with Crippen molar-refractivity contribution < 1.29 is 9.53 Å². The number of benzene rings is 1. The van der Waals surface area contributed by atoms with E-state index in [-0.39, 0.29) is 23.0 Å². The van der Waals surface area contributed by atoms with Gasteiger partial charge in [0.1, 0.15) is 5.82 Å². The van der Waals surface area contributed by atoms with Crippen LogP contribution in [-0.4, -0.2) is 32.1 Å². The Morgan fingerprint density at radius 3 is 2.59 bits per heavy atom. The molecule has 0 aliphatic carbocycles. The van der Waals surface area contributed by atoms with Gasteiger partial charge in [0.15, 0.2) is 5.13 Å². The van der Waals surface area contributed by atoms with E-state index in [0.717, 1.165) is 27.2 Å². The first-order valence-corrected chi connectivity index (χ1v) is 10.6. The molecule has 6 nitrogen and oxygen atoms in total. The number of nitrogens with one attached hydrogen (secondary N) is 1. The maximum atomic E-state index is 12.9. The molecule has 152 valence electrons. The van der Waals surface area contributed by atoms with E-state index in [1.54, 1.807) is 6.20 Å². The van der Waals surface area contributed by atoms with Gasteiger partial charge in [-0.3, -0.25) is 4.79 Å². The number of hydrogen-bond donors (Lipinski definition) is 1. The Morgan fingerprint density at radius 1 is 1.14 bits per heavy atom. The van der Waals surface area contributed by atoms with Crippen molar-refractivity contribution in [2.45, 2.75) is 58.7 Å². The van der Waals surface area contributed by atoms with Crippen LogP contribution in [-0.2, 0) is 9.53 Å². The number of carbonyl (C=O) groups excluding carboxylic acids is 1. The number of amides is 1. The highest BCUT2D eigenvalue weighted by molar-refractivity contribution is 7.19. The van der Waals surface area contributed by atoms with Gasteiger partial charge in [-0.2, -0.15) is 0 Å². The number of hydrogen-bond acceptors (Lipinski definition) is 6. The SMILES string of the molecule is Cc1ncc2ccc(-c3cnc(NC(=O)C4CC(C)(C)OC(C)(C)C4)s3)cc2n1. The molecule has 0 radical (unpaired) electrons. The lowest BCUT2D eigenvalue weighted by Crippen LogP contribution is -2.48. The van der Waals surface area contributed by atoms with Crippen LogP contribution in [0.5, 0.6) is 0 Å². The van der Waals surface area contributed by atoms with Gasteiger partial charge < -0.3 is 10.1 Å². The van der Waals surface area contributed by atoms with Crippen molar-refractivity contribution in [2.75, 3.05) is 5.32 Å².